The van der Waals surface area contributed by atoms with Crippen LogP contribution in [0, 0.1) is 125 Å². The predicted octanol–water partition coefficient (Wildman–Crippen LogP) is 35.3. The molecule has 0 saturated heterocycles. The van der Waals surface area contributed by atoms with Gasteiger partial charge in [-0.25, -0.2) is 29.9 Å². The van der Waals surface area contributed by atoms with Crippen LogP contribution in [0.25, 0.3) is 202 Å². The van der Waals surface area contributed by atoms with Gasteiger partial charge in [0.15, 0.2) is 34.9 Å². The second-order valence-electron chi connectivity index (χ2n) is 38.9. The van der Waals surface area contributed by atoms with Crippen molar-refractivity contribution in [1.82, 2.24) is 29.9 Å². The fraction of sp³-hybridized carbons (Fsp3) is 0.136. The molecule has 20 aromatic rings. The van der Waals surface area contributed by atoms with Gasteiger partial charge in [0.2, 0.25) is 0 Å². The van der Waals surface area contributed by atoms with Crippen LogP contribution in [0.3, 0.4) is 0 Å². The van der Waals surface area contributed by atoms with E-state index in [1.165, 1.54) is 100 Å². The molecule has 0 unspecified atom stereocenters. The molecule has 0 radical (unpaired) electrons. The Labute approximate surface area is 814 Å². The Kier molecular flexibility index (Phi) is 25.6. The average molecular weight is 1780 g/mol. The van der Waals surface area contributed by atoms with Crippen molar-refractivity contribution < 1.29 is 0 Å². The molecule has 0 bridgehead atoms. The Balaban J connectivity index is 0.000000177. The molecule has 0 N–H and O–H groups in total. The molecule has 0 atom stereocenters. The standard InChI is InChI=1S/C69H63N3.C63H51N3/c1-40-13-41(2)20-52(19-40)58-31-59(53-21-42(3)14-43(4)22-53)35-64(34-58)67-70-68(65-36-60(54-23-44(5)15-45(6)24-54)32-61(37-65)55-25-46(7)16-47(8)26-55)72-69(71-67)66-38-62(56-27-48(9)17-49(10)28-56)33-63(39-66)57-29-50(11)18-51(12)30-57;1-40-7-19-46(20-8-40)52-31-53(47-21-9-41(2)10-22-47)35-58(34-52)61-64-62(59-36-54(48-23-11-42(3)12-24-48)32-55(37-59)49-25-13-43(4)14-26-49)66-63(65-61)60-38-56(50-27-15-44(5)16-28-50)33-57(39-60)51-29-17-45(6)18-30-51/h13-39H,1-12H3;7-39H,1-6H3. The first kappa shape index (κ1) is 91.1. The fourth-order valence-corrected chi connectivity index (χ4v) is 19.4. The maximum absolute atomic E-state index is 5.56. The van der Waals surface area contributed by atoms with Crippen LogP contribution < -0.4 is 0 Å². The highest BCUT2D eigenvalue weighted by atomic mass is 15.0. The fourth-order valence-electron chi connectivity index (χ4n) is 19.4. The van der Waals surface area contributed by atoms with Gasteiger partial charge in [-0.3, -0.25) is 0 Å². The van der Waals surface area contributed by atoms with E-state index >= 15 is 0 Å². The Hall–Kier alpha value is -16.0. The maximum atomic E-state index is 5.56. The van der Waals surface area contributed by atoms with E-state index in [4.69, 9.17) is 29.9 Å². The zero-order valence-electron chi connectivity index (χ0n) is 82.3. The quantitative estimate of drug-likeness (QED) is 0.0852. The van der Waals surface area contributed by atoms with Crippen molar-refractivity contribution in [2.75, 3.05) is 0 Å². The zero-order valence-corrected chi connectivity index (χ0v) is 82.3. The van der Waals surface area contributed by atoms with E-state index in [9.17, 15) is 0 Å². The van der Waals surface area contributed by atoms with Gasteiger partial charge in [0.05, 0.1) is 0 Å². The summed E-state index contributed by atoms with van der Waals surface area (Å²) in [7, 11) is 0. The van der Waals surface area contributed by atoms with Gasteiger partial charge in [0, 0.05) is 33.4 Å². The minimum absolute atomic E-state index is 0.604. The van der Waals surface area contributed by atoms with Crippen molar-refractivity contribution >= 4 is 0 Å². The summed E-state index contributed by atoms with van der Waals surface area (Å²) < 4.78 is 0. The third-order valence-corrected chi connectivity index (χ3v) is 26.1. The van der Waals surface area contributed by atoms with E-state index < -0.39 is 0 Å². The van der Waals surface area contributed by atoms with Crippen LogP contribution >= 0.6 is 0 Å². The molecule has 0 spiro atoms. The summed E-state index contributed by atoms with van der Waals surface area (Å²) in [6.45, 7) is 38.8. The zero-order chi connectivity index (χ0) is 95.8. The van der Waals surface area contributed by atoms with Gasteiger partial charge < -0.3 is 0 Å². The van der Waals surface area contributed by atoms with Gasteiger partial charge in [0.25, 0.3) is 0 Å². The summed E-state index contributed by atoms with van der Waals surface area (Å²) in [5.74, 6) is 3.65. The van der Waals surface area contributed by atoms with Crippen molar-refractivity contribution in [2.45, 2.75) is 125 Å². The molecular weight excluding hydrogens is 1670 g/mol. The van der Waals surface area contributed by atoms with E-state index in [1.807, 2.05) is 0 Å². The highest BCUT2D eigenvalue weighted by Crippen LogP contribution is 2.44. The molecule has 0 amide bonds. The Morgan fingerprint density at radius 1 is 0.0797 bits per heavy atom. The van der Waals surface area contributed by atoms with Crippen molar-refractivity contribution in [3.8, 4) is 202 Å². The number of aryl methyl sites for hydroxylation is 18. The monoisotopic (exact) mass is 1780 g/mol. The van der Waals surface area contributed by atoms with Crippen LogP contribution in [0.1, 0.15) is 100 Å². The maximum Gasteiger partial charge on any atom is 0.164 e. The molecule has 138 heavy (non-hydrogen) atoms. The van der Waals surface area contributed by atoms with E-state index in [0.717, 1.165) is 167 Å². The third kappa shape index (κ3) is 21.1. The molecule has 6 heteroatoms. The first-order valence-electron chi connectivity index (χ1n) is 47.9. The third-order valence-electron chi connectivity index (χ3n) is 26.1. The van der Waals surface area contributed by atoms with Crippen LogP contribution in [0.4, 0.5) is 0 Å². The van der Waals surface area contributed by atoms with Gasteiger partial charge in [-0.15, -0.1) is 0 Å². The highest BCUT2D eigenvalue weighted by molar-refractivity contribution is 5.90. The number of hydrogen-bond donors (Lipinski definition) is 0. The number of aromatic nitrogens is 6. The highest BCUT2D eigenvalue weighted by Gasteiger charge is 2.24. The number of hydrogen-bond acceptors (Lipinski definition) is 6. The average Bonchev–Trinajstić information content (AvgIpc) is 0.613. The summed E-state index contributed by atoms with van der Waals surface area (Å²) in [5, 5.41) is 0. The first-order chi connectivity index (χ1) is 66.5. The molecular formula is C132H114N6. The largest absolute Gasteiger partial charge is 0.208 e. The van der Waals surface area contributed by atoms with Gasteiger partial charge in [-0.2, -0.15) is 0 Å². The second kappa shape index (κ2) is 38.8. The lowest BCUT2D eigenvalue weighted by atomic mass is 9.92. The SMILES string of the molecule is Cc1cc(C)cc(-c2cc(-c3cc(C)cc(C)c3)cc(-c3nc(-c4cc(-c5cc(C)cc(C)c5)cc(-c5cc(C)cc(C)c5)c4)nc(-c4cc(-c5cc(C)cc(C)c5)cc(-c5cc(C)cc(C)c5)c4)n3)c2)c1.Cc1ccc(-c2cc(-c3ccc(C)cc3)cc(-c3nc(-c4cc(-c5ccc(C)cc5)cc(-c5ccc(C)cc5)c4)nc(-c4cc(-c5ccc(C)cc5)cc(-c5ccc(C)cc5)c4)n3)c2)cc1. The molecule has 0 aliphatic heterocycles. The summed E-state index contributed by atoms with van der Waals surface area (Å²) in [6, 6.07) is 134. The smallest absolute Gasteiger partial charge is 0.164 e. The van der Waals surface area contributed by atoms with Crippen LogP contribution in [-0.4, -0.2) is 29.9 Å². The molecule has 0 fully saturated rings. The molecule has 20 rings (SSSR count). The summed E-state index contributed by atoms with van der Waals surface area (Å²) in [4.78, 5) is 33.1. The number of benzene rings is 18. The molecule has 0 saturated carbocycles. The lowest BCUT2D eigenvalue weighted by molar-refractivity contribution is 1.07. The van der Waals surface area contributed by atoms with Crippen LogP contribution in [-0.2, 0) is 0 Å². The van der Waals surface area contributed by atoms with Crippen molar-refractivity contribution in [3.05, 3.63) is 464 Å². The Morgan fingerprint density at radius 2 is 0.167 bits per heavy atom. The lowest BCUT2D eigenvalue weighted by Gasteiger charge is -2.16. The van der Waals surface area contributed by atoms with Crippen LogP contribution in [0.15, 0.2) is 364 Å². The molecule has 2 aromatic heterocycles. The van der Waals surface area contributed by atoms with Crippen LogP contribution in [0.2, 0.25) is 0 Å². The normalized spacial score (nSPS) is 11.3. The molecule has 2 heterocycles. The van der Waals surface area contributed by atoms with Crippen molar-refractivity contribution in [2.24, 2.45) is 0 Å². The van der Waals surface area contributed by atoms with E-state index in [-0.39, 0.29) is 0 Å². The topological polar surface area (TPSA) is 77.3 Å². The molecule has 18 aromatic carbocycles. The number of nitrogens with zero attached hydrogens (tertiary/aromatic N) is 6. The second-order valence-corrected chi connectivity index (χ2v) is 38.9. The Morgan fingerprint density at radius 3 is 0.275 bits per heavy atom. The van der Waals surface area contributed by atoms with E-state index in [1.54, 1.807) is 0 Å². The minimum Gasteiger partial charge on any atom is -0.208 e. The summed E-state index contributed by atoms with van der Waals surface area (Å²) in [5.41, 5.74) is 54.5. The van der Waals surface area contributed by atoms with Gasteiger partial charge >= 0.3 is 0 Å². The number of rotatable bonds is 18. The lowest BCUT2D eigenvalue weighted by Crippen LogP contribution is -2.02. The van der Waals surface area contributed by atoms with Crippen LogP contribution in [0.5, 0.6) is 0 Å². The molecule has 672 valence electrons. The summed E-state index contributed by atoms with van der Waals surface area (Å²) in [6.07, 6.45) is 0. The van der Waals surface area contributed by atoms with Gasteiger partial charge in [-0.05, 0) is 367 Å². The van der Waals surface area contributed by atoms with E-state index in [2.05, 4.69) is 489 Å². The van der Waals surface area contributed by atoms with Crippen molar-refractivity contribution in [3.63, 3.8) is 0 Å². The predicted molar refractivity (Wildman–Crippen MR) is 583 cm³/mol. The minimum atomic E-state index is 0.604. The van der Waals surface area contributed by atoms with E-state index in [0.29, 0.717) is 34.9 Å². The Bertz CT molecular complexity index is 6770. The molecule has 0 aliphatic rings. The first-order valence-corrected chi connectivity index (χ1v) is 47.9. The van der Waals surface area contributed by atoms with Gasteiger partial charge in [0.1, 0.15) is 0 Å². The molecule has 6 nitrogen and oxygen atoms in total. The molecule has 0 aliphatic carbocycles. The summed E-state index contributed by atoms with van der Waals surface area (Å²) >= 11 is 0. The van der Waals surface area contributed by atoms with Crippen molar-refractivity contribution in [1.29, 1.82) is 0 Å². The van der Waals surface area contributed by atoms with Gasteiger partial charge in [-0.1, -0.05) is 355 Å².